The van der Waals surface area contributed by atoms with Crippen LogP contribution in [0.4, 0.5) is 5.82 Å². The van der Waals surface area contributed by atoms with Crippen LogP contribution in [0, 0.1) is 0 Å². The molecule has 1 aromatic heterocycles. The van der Waals surface area contributed by atoms with Crippen LogP contribution in [0.1, 0.15) is 39.9 Å². The van der Waals surface area contributed by atoms with Crippen molar-refractivity contribution in [2.75, 3.05) is 39.0 Å². The van der Waals surface area contributed by atoms with E-state index in [4.69, 9.17) is 23.1 Å². The SMILES string of the molecule is CN1CCN(Cc2ccc(C(N)=O)cc2C2(CCc3cc(Cl)cnc3N)C=CC=CC2)CC1. The first-order chi connectivity index (χ1) is 15.9. The average Bonchev–Trinajstić information content (AvgIpc) is 2.82. The van der Waals surface area contributed by atoms with E-state index in [1.807, 2.05) is 18.2 Å². The fourth-order valence-electron chi connectivity index (χ4n) is 4.81. The molecule has 0 bridgehead atoms. The van der Waals surface area contributed by atoms with Gasteiger partial charge in [-0.15, -0.1) is 0 Å². The van der Waals surface area contributed by atoms with E-state index in [0.29, 0.717) is 16.4 Å². The minimum atomic E-state index is -0.406. The van der Waals surface area contributed by atoms with Gasteiger partial charge >= 0.3 is 0 Å². The quantitative estimate of drug-likeness (QED) is 0.652. The smallest absolute Gasteiger partial charge is 0.248 e. The molecule has 1 amide bonds. The van der Waals surface area contributed by atoms with Gasteiger partial charge in [0.2, 0.25) is 5.91 Å². The van der Waals surface area contributed by atoms with Crippen molar-refractivity contribution in [2.24, 2.45) is 5.73 Å². The van der Waals surface area contributed by atoms with Gasteiger partial charge in [-0.1, -0.05) is 42.0 Å². The highest BCUT2D eigenvalue weighted by atomic mass is 35.5. The number of pyridine rings is 1. The lowest BCUT2D eigenvalue weighted by Gasteiger charge is -2.37. The third-order valence-electron chi connectivity index (χ3n) is 6.87. The van der Waals surface area contributed by atoms with Gasteiger partial charge in [0.15, 0.2) is 0 Å². The number of carbonyl (C=O) groups is 1. The number of likely N-dealkylation sites (N-methyl/N-ethyl adjacent to an activating group) is 1. The molecule has 2 heterocycles. The van der Waals surface area contributed by atoms with Crippen molar-refractivity contribution in [1.82, 2.24) is 14.8 Å². The number of halogens is 1. The lowest BCUT2D eigenvalue weighted by atomic mass is 9.69. The number of nitrogens with zero attached hydrogens (tertiary/aromatic N) is 3. The largest absolute Gasteiger partial charge is 0.383 e. The first kappa shape index (κ1) is 23.5. The van der Waals surface area contributed by atoms with Gasteiger partial charge in [0.25, 0.3) is 0 Å². The van der Waals surface area contributed by atoms with Crippen LogP contribution in [0.5, 0.6) is 0 Å². The first-order valence-corrected chi connectivity index (χ1v) is 11.8. The molecule has 1 saturated heterocycles. The van der Waals surface area contributed by atoms with Gasteiger partial charge in [0.05, 0.1) is 5.02 Å². The van der Waals surface area contributed by atoms with Gasteiger partial charge in [-0.25, -0.2) is 4.98 Å². The fourth-order valence-corrected chi connectivity index (χ4v) is 4.99. The van der Waals surface area contributed by atoms with E-state index >= 15 is 0 Å². The number of primary amides is 1. The van der Waals surface area contributed by atoms with Gasteiger partial charge in [0.1, 0.15) is 5.82 Å². The Morgan fingerprint density at radius 3 is 2.64 bits per heavy atom. The summed E-state index contributed by atoms with van der Waals surface area (Å²) in [7, 11) is 2.16. The predicted molar refractivity (Wildman–Crippen MR) is 134 cm³/mol. The van der Waals surface area contributed by atoms with E-state index in [1.54, 1.807) is 6.20 Å². The maximum atomic E-state index is 12.1. The monoisotopic (exact) mass is 465 g/mol. The van der Waals surface area contributed by atoms with Crippen LogP contribution in [0.3, 0.4) is 0 Å². The Labute approximate surface area is 200 Å². The van der Waals surface area contributed by atoms with E-state index in [-0.39, 0.29) is 5.41 Å². The second-order valence-corrected chi connectivity index (χ2v) is 9.60. The maximum absolute atomic E-state index is 12.1. The number of rotatable bonds is 7. The highest BCUT2D eigenvalue weighted by molar-refractivity contribution is 6.30. The van der Waals surface area contributed by atoms with Crippen LogP contribution in [-0.4, -0.2) is 53.9 Å². The van der Waals surface area contributed by atoms with Gasteiger partial charge in [0, 0.05) is 49.9 Å². The number of piperazine rings is 1. The average molecular weight is 466 g/mol. The Kier molecular flexibility index (Phi) is 7.17. The summed E-state index contributed by atoms with van der Waals surface area (Å²) in [5, 5.41) is 0.582. The van der Waals surface area contributed by atoms with Gasteiger partial charge in [-0.3, -0.25) is 9.69 Å². The zero-order valence-corrected chi connectivity index (χ0v) is 19.9. The Bertz CT molecular complexity index is 1070. The Morgan fingerprint density at radius 1 is 1.15 bits per heavy atom. The van der Waals surface area contributed by atoms with Crippen LogP contribution in [0.2, 0.25) is 5.02 Å². The second-order valence-electron chi connectivity index (χ2n) is 9.16. The van der Waals surface area contributed by atoms with Gasteiger partial charge in [-0.05, 0) is 61.2 Å². The number of aromatic nitrogens is 1. The normalized spacial score (nSPS) is 21.4. The molecule has 33 heavy (non-hydrogen) atoms. The molecule has 0 saturated carbocycles. The summed E-state index contributed by atoms with van der Waals surface area (Å²) in [6, 6.07) is 7.82. The van der Waals surface area contributed by atoms with Crippen LogP contribution < -0.4 is 11.5 Å². The number of carbonyl (C=O) groups excluding carboxylic acids is 1. The van der Waals surface area contributed by atoms with Crippen molar-refractivity contribution in [3.8, 4) is 0 Å². The number of aryl methyl sites for hydroxylation is 1. The highest BCUT2D eigenvalue weighted by Crippen LogP contribution is 2.40. The summed E-state index contributed by atoms with van der Waals surface area (Å²) in [6.07, 6.45) is 12.6. The molecule has 1 aliphatic heterocycles. The van der Waals surface area contributed by atoms with Crippen LogP contribution >= 0.6 is 11.6 Å². The van der Waals surface area contributed by atoms with Crippen LogP contribution in [-0.2, 0) is 18.4 Å². The summed E-state index contributed by atoms with van der Waals surface area (Å²) in [4.78, 5) is 21.1. The summed E-state index contributed by atoms with van der Waals surface area (Å²) >= 11 is 6.19. The molecule has 1 unspecified atom stereocenters. The number of nitrogen functional groups attached to an aromatic ring is 1. The third-order valence-corrected chi connectivity index (χ3v) is 7.08. The van der Waals surface area contributed by atoms with Crippen LogP contribution in [0.15, 0.2) is 54.8 Å². The van der Waals surface area contributed by atoms with E-state index in [2.05, 4.69) is 52.2 Å². The van der Waals surface area contributed by atoms with Crippen molar-refractivity contribution < 1.29 is 4.79 Å². The molecule has 6 nitrogen and oxygen atoms in total. The number of benzene rings is 1. The molecular formula is C26H32ClN5O. The van der Waals surface area contributed by atoms with Crippen molar-refractivity contribution in [3.05, 3.63) is 82.0 Å². The van der Waals surface area contributed by atoms with Crippen LogP contribution in [0.25, 0.3) is 0 Å². The molecule has 174 valence electrons. The van der Waals surface area contributed by atoms with Crippen molar-refractivity contribution in [3.63, 3.8) is 0 Å². The third kappa shape index (κ3) is 5.46. The molecule has 0 spiro atoms. The summed E-state index contributed by atoms with van der Waals surface area (Å²) < 4.78 is 0. The highest BCUT2D eigenvalue weighted by Gasteiger charge is 2.33. The molecule has 2 aliphatic rings. The minimum Gasteiger partial charge on any atom is -0.383 e. The lowest BCUT2D eigenvalue weighted by molar-refractivity contribution is 0.1000. The molecule has 4 N–H and O–H groups in total. The molecule has 7 heteroatoms. The molecule has 0 radical (unpaired) electrons. The molecule has 1 aliphatic carbocycles. The summed E-state index contributed by atoms with van der Waals surface area (Å²) in [5.74, 6) is 0.101. The second kappa shape index (κ2) is 10.1. The molecule has 2 aromatic rings. The molecule has 4 rings (SSSR count). The molecule has 1 fully saturated rings. The number of anilines is 1. The zero-order valence-electron chi connectivity index (χ0n) is 19.1. The van der Waals surface area contributed by atoms with E-state index in [0.717, 1.165) is 63.1 Å². The fraction of sp³-hybridized carbons (Fsp3) is 0.385. The molecule has 1 atom stereocenters. The summed E-state index contributed by atoms with van der Waals surface area (Å²) in [5.41, 5.74) is 15.4. The summed E-state index contributed by atoms with van der Waals surface area (Å²) in [6.45, 7) is 5.03. The number of hydrogen-bond donors (Lipinski definition) is 2. The van der Waals surface area contributed by atoms with Crippen molar-refractivity contribution >= 4 is 23.3 Å². The molecular weight excluding hydrogens is 434 g/mol. The number of allylic oxidation sites excluding steroid dienone is 4. The Hall–Kier alpha value is -2.67. The Balaban J connectivity index is 1.70. The predicted octanol–water partition coefficient (Wildman–Crippen LogP) is 3.55. The Morgan fingerprint density at radius 2 is 1.94 bits per heavy atom. The van der Waals surface area contributed by atoms with E-state index < -0.39 is 5.91 Å². The maximum Gasteiger partial charge on any atom is 0.248 e. The lowest BCUT2D eigenvalue weighted by Crippen LogP contribution is -2.44. The standard InChI is InChI=1S/C26H32ClN5O/c1-31-11-13-32(14-12-31)18-21-6-5-20(25(29)33)16-23(21)26(8-3-2-4-9-26)10-7-19-15-22(27)17-30-24(19)28/h2-6,8,15-17H,7,9-14,18H2,1H3,(H2,28,30)(H2,29,33). The van der Waals surface area contributed by atoms with Gasteiger partial charge < -0.3 is 16.4 Å². The van der Waals surface area contributed by atoms with E-state index in [9.17, 15) is 4.79 Å². The van der Waals surface area contributed by atoms with E-state index in [1.165, 1.54) is 5.56 Å². The number of amides is 1. The van der Waals surface area contributed by atoms with Gasteiger partial charge in [-0.2, -0.15) is 0 Å². The van der Waals surface area contributed by atoms with Crippen molar-refractivity contribution in [1.29, 1.82) is 0 Å². The number of nitrogens with two attached hydrogens (primary N) is 2. The van der Waals surface area contributed by atoms with Crippen molar-refractivity contribution in [2.45, 2.75) is 31.2 Å². The first-order valence-electron chi connectivity index (χ1n) is 11.4. The zero-order chi connectivity index (χ0) is 23.4. The molecule has 1 aromatic carbocycles. The minimum absolute atomic E-state index is 0.267. The topological polar surface area (TPSA) is 88.5 Å². The number of hydrogen-bond acceptors (Lipinski definition) is 5.